The second-order valence-electron chi connectivity index (χ2n) is 7.18. The van der Waals surface area contributed by atoms with Gasteiger partial charge in [-0.1, -0.05) is 24.3 Å². The number of hydrogen-bond acceptors (Lipinski definition) is 4. The fourth-order valence-electron chi connectivity index (χ4n) is 5.15. The zero-order chi connectivity index (χ0) is 16.6. The quantitative estimate of drug-likeness (QED) is 0.475. The molecule has 0 unspecified atom stereocenters. The Hall–Kier alpha value is -2.43. The molecule has 1 aromatic carbocycles. The van der Waals surface area contributed by atoms with Crippen molar-refractivity contribution < 1.29 is 19.1 Å². The second-order valence-corrected chi connectivity index (χ2v) is 7.18. The van der Waals surface area contributed by atoms with Crippen molar-refractivity contribution in [1.82, 2.24) is 0 Å². The zero-order valence-electron chi connectivity index (χ0n) is 13.2. The number of anilines is 1. The molecule has 4 aliphatic carbocycles. The number of esters is 1. The van der Waals surface area contributed by atoms with E-state index in [0.29, 0.717) is 17.5 Å². The van der Waals surface area contributed by atoms with Crippen LogP contribution in [0.25, 0.3) is 0 Å². The van der Waals surface area contributed by atoms with Gasteiger partial charge >= 0.3 is 5.97 Å². The van der Waals surface area contributed by atoms with Gasteiger partial charge in [-0.15, -0.1) is 0 Å². The fourth-order valence-corrected chi connectivity index (χ4v) is 5.15. The normalized spacial score (nSPS) is 38.1. The summed E-state index contributed by atoms with van der Waals surface area (Å²) >= 11 is 0. The maximum absolute atomic E-state index is 13.1. The van der Waals surface area contributed by atoms with Crippen molar-refractivity contribution in [1.29, 1.82) is 0 Å². The van der Waals surface area contributed by atoms with Gasteiger partial charge in [0, 0.05) is 0 Å². The van der Waals surface area contributed by atoms with Crippen LogP contribution in [0.5, 0.6) is 0 Å². The number of imide groups is 1. The molecule has 0 N–H and O–H groups in total. The molecule has 0 radical (unpaired) electrons. The maximum Gasteiger partial charge on any atom is 0.339 e. The van der Waals surface area contributed by atoms with Gasteiger partial charge in [-0.3, -0.25) is 9.59 Å². The summed E-state index contributed by atoms with van der Waals surface area (Å²) in [6, 6.07) is 6.67. The summed E-state index contributed by atoms with van der Waals surface area (Å²) in [5.41, 5.74) is 0.604. The fraction of sp³-hybridized carbons (Fsp3) is 0.421. The lowest BCUT2D eigenvalue weighted by Crippen LogP contribution is -2.40. The number of benzene rings is 1. The predicted molar refractivity (Wildman–Crippen MR) is 85.0 cm³/mol. The van der Waals surface area contributed by atoms with Crippen molar-refractivity contribution in [2.45, 2.75) is 6.42 Å². The Labute approximate surface area is 139 Å². The number of amides is 2. The van der Waals surface area contributed by atoms with E-state index in [-0.39, 0.29) is 41.0 Å². The summed E-state index contributed by atoms with van der Waals surface area (Å²) in [7, 11) is 1.30. The minimum absolute atomic E-state index is 0.161. The highest BCUT2D eigenvalue weighted by atomic mass is 16.5. The lowest BCUT2D eigenvalue weighted by molar-refractivity contribution is -0.124. The molecule has 122 valence electrons. The number of nitrogens with zero attached hydrogens (tertiary/aromatic N) is 1. The molecule has 5 heteroatoms. The van der Waals surface area contributed by atoms with Crippen LogP contribution in [0.4, 0.5) is 5.69 Å². The molecule has 3 fully saturated rings. The van der Waals surface area contributed by atoms with Crippen molar-refractivity contribution in [2.24, 2.45) is 35.5 Å². The van der Waals surface area contributed by atoms with Gasteiger partial charge in [-0.2, -0.15) is 0 Å². The molecule has 1 aromatic rings. The topological polar surface area (TPSA) is 63.7 Å². The Morgan fingerprint density at radius 2 is 1.62 bits per heavy atom. The highest BCUT2D eigenvalue weighted by Gasteiger charge is 2.67. The predicted octanol–water partition coefficient (Wildman–Crippen LogP) is 2.03. The number of carbonyl (C=O) groups is 3. The van der Waals surface area contributed by atoms with Gasteiger partial charge in [0.25, 0.3) is 0 Å². The number of allylic oxidation sites excluding steroid dienone is 2. The van der Waals surface area contributed by atoms with E-state index >= 15 is 0 Å². The number of para-hydroxylation sites is 1. The van der Waals surface area contributed by atoms with Gasteiger partial charge in [-0.05, 0) is 42.2 Å². The number of ether oxygens (including phenoxy) is 1. The van der Waals surface area contributed by atoms with Crippen LogP contribution < -0.4 is 4.90 Å². The third-order valence-corrected chi connectivity index (χ3v) is 6.21. The van der Waals surface area contributed by atoms with E-state index < -0.39 is 5.97 Å². The molecule has 24 heavy (non-hydrogen) atoms. The number of rotatable bonds is 2. The minimum atomic E-state index is -0.537. The summed E-state index contributed by atoms with van der Waals surface area (Å²) in [5, 5.41) is 0. The van der Waals surface area contributed by atoms with Crippen LogP contribution in [0.1, 0.15) is 16.8 Å². The van der Waals surface area contributed by atoms with Crippen LogP contribution in [0, 0.1) is 35.5 Å². The molecule has 5 aliphatic rings. The average Bonchev–Trinajstić information content (AvgIpc) is 3.39. The molecule has 1 saturated heterocycles. The van der Waals surface area contributed by atoms with Crippen molar-refractivity contribution in [3.8, 4) is 0 Å². The zero-order valence-corrected chi connectivity index (χ0v) is 13.2. The van der Waals surface area contributed by atoms with Crippen molar-refractivity contribution in [3.05, 3.63) is 42.0 Å². The van der Waals surface area contributed by atoms with E-state index in [2.05, 4.69) is 12.2 Å². The summed E-state index contributed by atoms with van der Waals surface area (Å²) in [6.07, 6.45) is 5.41. The molecular weight excluding hydrogens is 306 g/mol. The summed E-state index contributed by atoms with van der Waals surface area (Å²) in [5.74, 6) is 0.0992. The van der Waals surface area contributed by atoms with E-state index in [0.717, 1.165) is 6.42 Å². The number of hydrogen-bond donors (Lipinski definition) is 0. The van der Waals surface area contributed by atoms with Crippen LogP contribution in [0.15, 0.2) is 36.4 Å². The van der Waals surface area contributed by atoms with Gasteiger partial charge in [-0.25, -0.2) is 9.69 Å². The molecule has 2 saturated carbocycles. The molecule has 2 bridgehead atoms. The first-order valence-corrected chi connectivity index (χ1v) is 8.37. The van der Waals surface area contributed by atoms with E-state index in [1.807, 2.05) is 0 Å². The summed E-state index contributed by atoms with van der Waals surface area (Å²) in [4.78, 5) is 39.4. The lowest BCUT2D eigenvalue weighted by Gasteiger charge is -2.37. The second kappa shape index (κ2) is 4.56. The minimum Gasteiger partial charge on any atom is -0.465 e. The first-order valence-electron chi connectivity index (χ1n) is 8.37. The highest BCUT2D eigenvalue weighted by molar-refractivity contribution is 6.24. The van der Waals surface area contributed by atoms with Crippen molar-refractivity contribution >= 4 is 23.5 Å². The molecular formula is C19H17NO4. The van der Waals surface area contributed by atoms with Crippen LogP contribution in [0.3, 0.4) is 0 Å². The molecule has 0 aromatic heterocycles. The first-order chi connectivity index (χ1) is 11.6. The summed E-state index contributed by atoms with van der Waals surface area (Å²) < 4.78 is 4.80. The molecule has 1 aliphatic heterocycles. The highest BCUT2D eigenvalue weighted by Crippen LogP contribution is 2.65. The first kappa shape index (κ1) is 14.0. The van der Waals surface area contributed by atoms with Crippen molar-refractivity contribution in [3.63, 3.8) is 0 Å². The van der Waals surface area contributed by atoms with Crippen LogP contribution in [-0.2, 0) is 14.3 Å². The number of carbonyl (C=O) groups excluding carboxylic acids is 3. The van der Waals surface area contributed by atoms with Gasteiger partial charge in [0.1, 0.15) is 0 Å². The number of methoxy groups -OCH3 is 1. The molecule has 5 nitrogen and oxygen atoms in total. The summed E-state index contributed by atoms with van der Waals surface area (Å²) in [6.45, 7) is 0. The van der Waals surface area contributed by atoms with E-state index in [4.69, 9.17) is 4.74 Å². The largest absolute Gasteiger partial charge is 0.465 e. The van der Waals surface area contributed by atoms with Gasteiger partial charge in [0.05, 0.1) is 30.2 Å². The standard InChI is InChI=1S/C19H17NO4/c1-24-19(23)11-4-2-3-5-14(11)20-17(21)15-9-6-7-10(13-8-12(9)13)16(15)18(20)22/h2-7,9-10,12-13,15-16H,8H2,1H3/t9-,10-,12-,13+,15+,16-/m1/s1. The Bertz CT molecular complexity index is 777. The van der Waals surface area contributed by atoms with E-state index in [1.165, 1.54) is 12.0 Å². The van der Waals surface area contributed by atoms with Crippen LogP contribution in [0.2, 0.25) is 0 Å². The van der Waals surface area contributed by atoms with Crippen LogP contribution in [-0.4, -0.2) is 24.9 Å². The average molecular weight is 323 g/mol. The third-order valence-electron chi connectivity index (χ3n) is 6.21. The molecule has 6 atom stereocenters. The van der Waals surface area contributed by atoms with Gasteiger partial charge in [0.2, 0.25) is 11.8 Å². The lowest BCUT2D eigenvalue weighted by atomic mass is 9.63. The van der Waals surface area contributed by atoms with E-state index in [9.17, 15) is 14.4 Å². The molecule has 6 rings (SSSR count). The Morgan fingerprint density at radius 3 is 2.21 bits per heavy atom. The maximum atomic E-state index is 13.1. The Balaban J connectivity index is 1.59. The SMILES string of the molecule is COC(=O)c1ccccc1N1C(=O)[C@@H]2[C@@H]3C=C[C@H]([C@H]4C[C@@H]34)[C@@H]2C1=O. The molecule has 2 amide bonds. The smallest absolute Gasteiger partial charge is 0.339 e. The van der Waals surface area contributed by atoms with Gasteiger partial charge < -0.3 is 4.74 Å². The molecule has 0 spiro atoms. The monoisotopic (exact) mass is 323 g/mol. The Kier molecular flexibility index (Phi) is 2.65. The van der Waals surface area contributed by atoms with Crippen molar-refractivity contribution in [2.75, 3.05) is 12.0 Å². The van der Waals surface area contributed by atoms with Crippen LogP contribution >= 0.6 is 0 Å². The van der Waals surface area contributed by atoms with E-state index in [1.54, 1.807) is 24.3 Å². The van der Waals surface area contributed by atoms with Gasteiger partial charge in [0.15, 0.2) is 0 Å². The Morgan fingerprint density at radius 1 is 1.04 bits per heavy atom. The third kappa shape index (κ3) is 1.57. The molecule has 1 heterocycles.